The molecule has 1 aromatic heterocycles. The van der Waals surface area contributed by atoms with Gasteiger partial charge in [0.05, 0.1) is 5.69 Å². The molecule has 0 saturated heterocycles. The molecule has 0 unspecified atom stereocenters. The van der Waals surface area contributed by atoms with Gasteiger partial charge in [-0.3, -0.25) is 4.98 Å². The summed E-state index contributed by atoms with van der Waals surface area (Å²) < 4.78 is 0. The molecule has 2 aliphatic carbocycles. The minimum absolute atomic E-state index is 0.852. The van der Waals surface area contributed by atoms with Gasteiger partial charge in [0.1, 0.15) is 0 Å². The van der Waals surface area contributed by atoms with Crippen LogP contribution in [-0.2, 0) is 12.8 Å². The van der Waals surface area contributed by atoms with Gasteiger partial charge >= 0.3 is 0 Å². The zero-order valence-electron chi connectivity index (χ0n) is 11.2. The molecule has 0 N–H and O–H groups in total. The lowest BCUT2D eigenvalue weighted by Gasteiger charge is -2.32. The van der Waals surface area contributed by atoms with Crippen LogP contribution in [0.1, 0.15) is 48.3 Å². The molecule has 0 fully saturated rings. The Bertz CT molecular complexity index is 569. The minimum atomic E-state index is 0.852. The van der Waals surface area contributed by atoms with Crippen LogP contribution in [0.3, 0.4) is 0 Å². The van der Waals surface area contributed by atoms with Crippen molar-refractivity contribution in [2.75, 3.05) is 0 Å². The number of nitrogens with zero attached hydrogens (tertiary/aromatic N) is 1. The maximum atomic E-state index is 4.51. The SMILES string of the molecule is c1ccc(-c2cc3c4c(c2)CCCC4CCC3)nc1. The van der Waals surface area contributed by atoms with E-state index in [9.17, 15) is 0 Å². The zero-order chi connectivity index (χ0) is 12.7. The van der Waals surface area contributed by atoms with Crippen molar-refractivity contribution in [3.8, 4) is 11.3 Å². The molecule has 0 aliphatic heterocycles. The summed E-state index contributed by atoms with van der Waals surface area (Å²) in [4.78, 5) is 4.51. The molecule has 19 heavy (non-hydrogen) atoms. The van der Waals surface area contributed by atoms with Gasteiger partial charge in [-0.1, -0.05) is 6.07 Å². The first-order valence-corrected chi connectivity index (χ1v) is 7.49. The average molecular weight is 249 g/mol. The number of rotatable bonds is 1. The molecule has 96 valence electrons. The highest BCUT2D eigenvalue weighted by Gasteiger charge is 2.26. The topological polar surface area (TPSA) is 12.9 Å². The van der Waals surface area contributed by atoms with E-state index in [-0.39, 0.29) is 0 Å². The van der Waals surface area contributed by atoms with Gasteiger partial charge in [0.25, 0.3) is 0 Å². The van der Waals surface area contributed by atoms with E-state index in [0.29, 0.717) is 0 Å². The summed E-state index contributed by atoms with van der Waals surface area (Å²) in [6, 6.07) is 11.0. The van der Waals surface area contributed by atoms with Crippen molar-refractivity contribution in [2.45, 2.75) is 44.4 Å². The Morgan fingerprint density at radius 2 is 1.68 bits per heavy atom. The van der Waals surface area contributed by atoms with E-state index in [2.05, 4.69) is 29.2 Å². The van der Waals surface area contributed by atoms with Crippen LogP contribution in [0.25, 0.3) is 11.3 Å². The molecular formula is C18H19N. The fraction of sp³-hybridized carbons (Fsp3) is 0.389. The zero-order valence-corrected chi connectivity index (χ0v) is 11.2. The first kappa shape index (κ1) is 11.2. The lowest BCUT2D eigenvalue weighted by Crippen LogP contribution is -2.17. The summed E-state index contributed by atoms with van der Waals surface area (Å²) in [6.45, 7) is 0. The predicted molar refractivity (Wildman–Crippen MR) is 78.3 cm³/mol. The summed E-state index contributed by atoms with van der Waals surface area (Å²) in [5, 5.41) is 0. The van der Waals surface area contributed by atoms with E-state index < -0.39 is 0 Å². The van der Waals surface area contributed by atoms with E-state index in [4.69, 9.17) is 0 Å². The fourth-order valence-electron chi connectivity index (χ4n) is 3.91. The van der Waals surface area contributed by atoms with Crippen LogP contribution in [0.4, 0.5) is 0 Å². The molecule has 0 saturated carbocycles. The summed E-state index contributed by atoms with van der Waals surface area (Å²) in [6.07, 6.45) is 9.96. The highest BCUT2D eigenvalue weighted by atomic mass is 14.7. The van der Waals surface area contributed by atoms with Crippen LogP contribution in [0, 0.1) is 0 Å². The van der Waals surface area contributed by atoms with Gasteiger partial charge in [0.15, 0.2) is 0 Å². The molecule has 0 amide bonds. The molecule has 1 heterocycles. The van der Waals surface area contributed by atoms with Crippen molar-refractivity contribution in [1.29, 1.82) is 0 Å². The first-order chi connectivity index (χ1) is 9.42. The largest absolute Gasteiger partial charge is 0.256 e. The van der Waals surface area contributed by atoms with Crippen LogP contribution >= 0.6 is 0 Å². The molecule has 4 rings (SSSR count). The van der Waals surface area contributed by atoms with Crippen LogP contribution in [-0.4, -0.2) is 4.98 Å². The van der Waals surface area contributed by atoms with E-state index in [0.717, 1.165) is 11.6 Å². The fourth-order valence-corrected chi connectivity index (χ4v) is 3.91. The Labute approximate surface area is 114 Å². The van der Waals surface area contributed by atoms with E-state index >= 15 is 0 Å². The van der Waals surface area contributed by atoms with Gasteiger partial charge in [-0.2, -0.15) is 0 Å². The quantitative estimate of drug-likeness (QED) is 0.725. The Balaban J connectivity index is 1.88. The predicted octanol–water partition coefficient (Wildman–Crippen LogP) is 4.50. The van der Waals surface area contributed by atoms with Crippen molar-refractivity contribution in [2.24, 2.45) is 0 Å². The summed E-state index contributed by atoms with van der Waals surface area (Å²) in [5.74, 6) is 0.852. The van der Waals surface area contributed by atoms with E-state index in [1.54, 1.807) is 16.7 Å². The average Bonchev–Trinajstić information content (AvgIpc) is 2.49. The van der Waals surface area contributed by atoms with E-state index in [1.807, 2.05) is 12.3 Å². The third-order valence-corrected chi connectivity index (χ3v) is 4.72. The lowest BCUT2D eigenvalue weighted by atomic mass is 9.73. The molecule has 1 heteroatoms. The van der Waals surface area contributed by atoms with Crippen molar-refractivity contribution in [1.82, 2.24) is 4.98 Å². The number of aryl methyl sites for hydroxylation is 2. The van der Waals surface area contributed by atoms with Gasteiger partial charge < -0.3 is 0 Å². The second-order valence-corrected chi connectivity index (χ2v) is 5.90. The summed E-state index contributed by atoms with van der Waals surface area (Å²) in [5.41, 5.74) is 7.35. The van der Waals surface area contributed by atoms with Crippen LogP contribution in [0.2, 0.25) is 0 Å². The second-order valence-electron chi connectivity index (χ2n) is 5.90. The van der Waals surface area contributed by atoms with Gasteiger partial charge in [-0.05, 0) is 85.4 Å². The molecule has 1 aromatic carbocycles. The minimum Gasteiger partial charge on any atom is -0.256 e. The molecular weight excluding hydrogens is 230 g/mol. The number of hydrogen-bond donors (Lipinski definition) is 0. The summed E-state index contributed by atoms with van der Waals surface area (Å²) in [7, 11) is 0. The Morgan fingerprint density at radius 3 is 2.32 bits per heavy atom. The molecule has 0 bridgehead atoms. The number of hydrogen-bond acceptors (Lipinski definition) is 1. The maximum Gasteiger partial charge on any atom is 0.0702 e. The number of aromatic nitrogens is 1. The molecule has 2 aromatic rings. The standard InChI is InChI=1S/C18H19N/c1-2-10-19-17(9-1)16-11-14-7-3-5-13-6-4-8-15(12-16)18(13)14/h1-2,9-13H,3-8H2. The molecule has 0 spiro atoms. The van der Waals surface area contributed by atoms with Gasteiger partial charge in [-0.15, -0.1) is 0 Å². The summed E-state index contributed by atoms with van der Waals surface area (Å²) >= 11 is 0. The number of pyridine rings is 1. The Morgan fingerprint density at radius 1 is 0.947 bits per heavy atom. The van der Waals surface area contributed by atoms with Gasteiger partial charge in [0.2, 0.25) is 0 Å². The maximum absolute atomic E-state index is 4.51. The van der Waals surface area contributed by atoms with Crippen LogP contribution < -0.4 is 0 Å². The molecule has 2 aliphatic rings. The van der Waals surface area contributed by atoms with Crippen molar-refractivity contribution < 1.29 is 0 Å². The Hall–Kier alpha value is -1.63. The van der Waals surface area contributed by atoms with Crippen molar-refractivity contribution in [3.63, 3.8) is 0 Å². The third kappa shape index (κ3) is 1.88. The monoisotopic (exact) mass is 249 g/mol. The second kappa shape index (κ2) is 4.48. The molecule has 0 radical (unpaired) electrons. The smallest absolute Gasteiger partial charge is 0.0702 e. The third-order valence-electron chi connectivity index (χ3n) is 4.72. The van der Waals surface area contributed by atoms with E-state index in [1.165, 1.54) is 44.1 Å². The Kier molecular flexibility index (Phi) is 2.65. The molecule has 0 atom stereocenters. The van der Waals surface area contributed by atoms with Gasteiger partial charge in [0, 0.05) is 11.8 Å². The normalized spacial score (nSPS) is 18.1. The van der Waals surface area contributed by atoms with Crippen LogP contribution in [0.5, 0.6) is 0 Å². The van der Waals surface area contributed by atoms with Crippen LogP contribution in [0.15, 0.2) is 36.5 Å². The molecule has 1 nitrogen and oxygen atoms in total. The number of benzene rings is 1. The van der Waals surface area contributed by atoms with Crippen molar-refractivity contribution >= 4 is 0 Å². The van der Waals surface area contributed by atoms with Gasteiger partial charge in [-0.25, -0.2) is 0 Å². The highest BCUT2D eigenvalue weighted by Crippen LogP contribution is 2.42. The first-order valence-electron chi connectivity index (χ1n) is 7.49. The van der Waals surface area contributed by atoms with Crippen molar-refractivity contribution in [3.05, 3.63) is 53.2 Å². The lowest BCUT2D eigenvalue weighted by molar-refractivity contribution is 0.477. The highest BCUT2D eigenvalue weighted by molar-refractivity contribution is 5.64.